The van der Waals surface area contributed by atoms with Crippen molar-refractivity contribution in [2.45, 2.75) is 52.4 Å². The normalized spacial score (nSPS) is 11.9. The van der Waals surface area contributed by atoms with Crippen LogP contribution in [-0.2, 0) is 10.8 Å². The second kappa shape index (κ2) is 5.87. The van der Waals surface area contributed by atoms with Gasteiger partial charge in [-0.2, -0.15) is 0 Å². The fourth-order valence-electron chi connectivity index (χ4n) is 2.12. The van der Waals surface area contributed by atoms with Crippen molar-refractivity contribution in [3.05, 3.63) is 23.3 Å². The summed E-state index contributed by atoms with van der Waals surface area (Å²) in [6.07, 6.45) is -1.79. The van der Waals surface area contributed by atoms with Gasteiger partial charge in [-0.15, -0.1) is 0 Å². The smallest absolute Gasteiger partial charge is 0.409 e. The molecule has 1 aromatic carbocycles. The van der Waals surface area contributed by atoms with E-state index < -0.39 is 12.2 Å². The molecule has 4 N–H and O–H groups in total. The first kappa shape index (κ1) is 17.8. The van der Waals surface area contributed by atoms with Crippen LogP contribution < -0.4 is 20.9 Å². The summed E-state index contributed by atoms with van der Waals surface area (Å²) in [5.41, 5.74) is 11.0. The highest BCUT2D eigenvalue weighted by Gasteiger charge is 2.28. The largest absolute Gasteiger partial charge is 0.410 e. The molecule has 0 saturated heterocycles. The third-order valence-corrected chi connectivity index (χ3v) is 3.12. The van der Waals surface area contributed by atoms with Crippen molar-refractivity contribution in [1.29, 1.82) is 0 Å². The molecule has 0 bridgehead atoms. The van der Waals surface area contributed by atoms with Crippen LogP contribution >= 0.6 is 0 Å². The van der Waals surface area contributed by atoms with E-state index in [-0.39, 0.29) is 10.8 Å². The maximum absolute atomic E-state index is 11.2. The average molecular weight is 308 g/mol. The minimum absolute atomic E-state index is 0.349. The van der Waals surface area contributed by atoms with E-state index in [9.17, 15) is 9.59 Å². The Kier molecular flexibility index (Phi) is 4.75. The van der Waals surface area contributed by atoms with Gasteiger partial charge in [0, 0.05) is 11.1 Å². The van der Waals surface area contributed by atoms with Gasteiger partial charge in [0.05, 0.1) is 0 Å². The topological polar surface area (TPSA) is 105 Å². The Morgan fingerprint density at radius 2 is 1.05 bits per heavy atom. The van der Waals surface area contributed by atoms with Gasteiger partial charge in [-0.05, 0) is 23.0 Å². The number of carbonyl (C=O) groups excluding carboxylic acids is 2. The summed E-state index contributed by atoms with van der Waals surface area (Å²) in [6, 6.07) is 3.34. The van der Waals surface area contributed by atoms with E-state index in [0.29, 0.717) is 22.6 Å². The Bertz CT molecular complexity index is 542. The lowest BCUT2D eigenvalue weighted by molar-refractivity contribution is 0.206. The van der Waals surface area contributed by atoms with E-state index in [4.69, 9.17) is 20.9 Å². The summed E-state index contributed by atoms with van der Waals surface area (Å²) in [7, 11) is 0. The summed E-state index contributed by atoms with van der Waals surface area (Å²) in [5.74, 6) is 0.698. The molecule has 1 aromatic rings. The van der Waals surface area contributed by atoms with Crippen molar-refractivity contribution in [3.63, 3.8) is 0 Å². The highest BCUT2D eigenvalue weighted by atomic mass is 16.6. The number of hydrogen-bond acceptors (Lipinski definition) is 4. The highest BCUT2D eigenvalue weighted by Crippen LogP contribution is 2.41. The van der Waals surface area contributed by atoms with Crippen LogP contribution in [0.15, 0.2) is 12.1 Å². The Morgan fingerprint density at radius 3 is 1.23 bits per heavy atom. The van der Waals surface area contributed by atoms with Crippen molar-refractivity contribution < 1.29 is 19.1 Å². The first-order valence-corrected chi connectivity index (χ1v) is 6.96. The van der Waals surface area contributed by atoms with Crippen LogP contribution in [0.2, 0.25) is 0 Å². The zero-order valence-electron chi connectivity index (χ0n) is 13.9. The molecular weight excluding hydrogens is 284 g/mol. The number of benzene rings is 1. The number of primary amides is 2. The predicted molar refractivity (Wildman–Crippen MR) is 84.3 cm³/mol. The van der Waals surface area contributed by atoms with Crippen molar-refractivity contribution in [2.75, 3.05) is 0 Å². The first-order valence-electron chi connectivity index (χ1n) is 6.96. The molecule has 0 radical (unpaired) electrons. The molecule has 0 saturated carbocycles. The number of nitrogens with two attached hydrogens (primary N) is 2. The molecule has 2 amide bonds. The third-order valence-electron chi connectivity index (χ3n) is 3.12. The van der Waals surface area contributed by atoms with Crippen LogP contribution in [0.4, 0.5) is 9.59 Å². The monoisotopic (exact) mass is 308 g/mol. The van der Waals surface area contributed by atoms with Crippen LogP contribution in [0.3, 0.4) is 0 Å². The molecule has 122 valence electrons. The van der Waals surface area contributed by atoms with Crippen LogP contribution in [0, 0.1) is 0 Å². The SMILES string of the molecule is CC(C)(C)c1cc(OC(N)=O)c(C(C)(C)C)cc1OC(N)=O. The standard InChI is InChI=1S/C16H24N2O4/c1-15(2,3)9-7-12(22-14(18)20)10(16(4,5)6)8-11(9)21-13(17)19/h7-8H,1-6H3,(H2,17,19)(H2,18,20). The van der Waals surface area contributed by atoms with E-state index in [0.717, 1.165) is 0 Å². The molecule has 0 aliphatic heterocycles. The summed E-state index contributed by atoms with van der Waals surface area (Å²) >= 11 is 0. The average Bonchev–Trinajstić information content (AvgIpc) is 2.26. The van der Waals surface area contributed by atoms with E-state index in [1.54, 1.807) is 12.1 Å². The van der Waals surface area contributed by atoms with Gasteiger partial charge in [0.15, 0.2) is 0 Å². The summed E-state index contributed by atoms with van der Waals surface area (Å²) in [4.78, 5) is 22.3. The summed E-state index contributed by atoms with van der Waals surface area (Å²) in [6.45, 7) is 11.7. The molecule has 0 heterocycles. The minimum Gasteiger partial charge on any atom is -0.410 e. The van der Waals surface area contributed by atoms with Crippen LogP contribution in [0.25, 0.3) is 0 Å². The second-order valence-electron chi connectivity index (χ2n) is 7.19. The van der Waals surface area contributed by atoms with Gasteiger partial charge in [0.25, 0.3) is 0 Å². The molecule has 0 fully saturated rings. The lowest BCUT2D eigenvalue weighted by Crippen LogP contribution is -2.24. The Hall–Kier alpha value is -2.24. The minimum atomic E-state index is -0.895. The molecular formula is C16H24N2O4. The van der Waals surface area contributed by atoms with E-state index in [2.05, 4.69) is 0 Å². The maximum Gasteiger partial charge on any atom is 0.409 e. The molecule has 0 spiro atoms. The van der Waals surface area contributed by atoms with Gasteiger partial charge < -0.3 is 20.9 Å². The molecule has 0 aromatic heterocycles. The zero-order valence-corrected chi connectivity index (χ0v) is 13.9. The number of hydrogen-bond donors (Lipinski definition) is 2. The van der Waals surface area contributed by atoms with Crippen LogP contribution in [0.5, 0.6) is 11.5 Å². The Morgan fingerprint density at radius 1 is 0.773 bits per heavy atom. The molecule has 0 aliphatic rings. The molecule has 0 atom stereocenters. The van der Waals surface area contributed by atoms with Gasteiger partial charge in [0.2, 0.25) is 0 Å². The molecule has 1 rings (SSSR count). The predicted octanol–water partition coefficient (Wildman–Crippen LogP) is 3.20. The van der Waals surface area contributed by atoms with E-state index in [1.165, 1.54) is 0 Å². The van der Waals surface area contributed by atoms with Crippen molar-refractivity contribution in [3.8, 4) is 11.5 Å². The molecule has 0 aliphatic carbocycles. The molecule has 22 heavy (non-hydrogen) atoms. The van der Waals surface area contributed by atoms with Crippen molar-refractivity contribution >= 4 is 12.2 Å². The van der Waals surface area contributed by atoms with Gasteiger partial charge in [0.1, 0.15) is 11.5 Å². The fraction of sp³-hybridized carbons (Fsp3) is 0.500. The Labute approximate surface area is 130 Å². The second-order valence-corrected chi connectivity index (χ2v) is 7.19. The summed E-state index contributed by atoms with van der Waals surface area (Å²) < 4.78 is 10.3. The van der Waals surface area contributed by atoms with Gasteiger partial charge in [-0.1, -0.05) is 41.5 Å². The summed E-state index contributed by atoms with van der Waals surface area (Å²) in [5, 5.41) is 0. The molecule has 0 unspecified atom stereocenters. The number of rotatable bonds is 2. The Balaban J connectivity index is 3.63. The number of ether oxygens (including phenoxy) is 2. The maximum atomic E-state index is 11.2. The lowest BCUT2D eigenvalue weighted by Gasteiger charge is -2.28. The van der Waals surface area contributed by atoms with E-state index in [1.807, 2.05) is 41.5 Å². The van der Waals surface area contributed by atoms with Crippen LogP contribution in [-0.4, -0.2) is 12.2 Å². The highest BCUT2D eigenvalue weighted by molar-refractivity contribution is 5.72. The quantitative estimate of drug-likeness (QED) is 0.875. The lowest BCUT2D eigenvalue weighted by atomic mass is 9.81. The van der Waals surface area contributed by atoms with Crippen molar-refractivity contribution in [2.24, 2.45) is 11.5 Å². The third kappa shape index (κ3) is 4.38. The molecule has 6 heteroatoms. The number of carbonyl (C=O) groups is 2. The van der Waals surface area contributed by atoms with Crippen LogP contribution in [0.1, 0.15) is 52.7 Å². The molecule has 6 nitrogen and oxygen atoms in total. The van der Waals surface area contributed by atoms with Gasteiger partial charge in [-0.25, -0.2) is 9.59 Å². The fourth-order valence-corrected chi connectivity index (χ4v) is 2.12. The zero-order chi connectivity index (χ0) is 17.3. The van der Waals surface area contributed by atoms with Gasteiger partial charge >= 0.3 is 12.2 Å². The van der Waals surface area contributed by atoms with Crippen molar-refractivity contribution in [1.82, 2.24) is 0 Å². The number of amides is 2. The van der Waals surface area contributed by atoms with E-state index >= 15 is 0 Å². The first-order chi connectivity index (χ1) is 9.82. The van der Waals surface area contributed by atoms with Gasteiger partial charge in [-0.3, -0.25) is 0 Å².